The quantitative estimate of drug-likeness (QED) is 0.891. The van der Waals surface area contributed by atoms with Crippen molar-refractivity contribution < 1.29 is 0 Å². The molecule has 0 aromatic carbocycles. The van der Waals surface area contributed by atoms with Crippen molar-refractivity contribution in [3.63, 3.8) is 0 Å². The molecule has 0 radical (unpaired) electrons. The van der Waals surface area contributed by atoms with Gasteiger partial charge < -0.3 is 4.98 Å². The monoisotopic (exact) mass is 249 g/mol. The maximum atomic E-state index is 11.4. The molecular formula is C12H15N3OS. The average Bonchev–Trinajstić information content (AvgIpc) is 2.38. The van der Waals surface area contributed by atoms with Gasteiger partial charge in [-0.2, -0.15) is 17.0 Å². The van der Waals surface area contributed by atoms with Gasteiger partial charge in [0.25, 0.3) is 5.56 Å². The molecule has 0 unspecified atom stereocenters. The van der Waals surface area contributed by atoms with Crippen molar-refractivity contribution in [1.82, 2.24) is 9.97 Å². The summed E-state index contributed by atoms with van der Waals surface area (Å²) in [7, 11) is 0. The maximum absolute atomic E-state index is 11.4. The Hall–Kier alpha value is -1.28. The molecular weight excluding hydrogens is 234 g/mol. The predicted octanol–water partition coefficient (Wildman–Crippen LogP) is 2.21. The van der Waals surface area contributed by atoms with E-state index in [2.05, 4.69) is 9.97 Å². The molecule has 0 amide bonds. The fourth-order valence-electron chi connectivity index (χ4n) is 2.01. The van der Waals surface area contributed by atoms with Gasteiger partial charge in [-0.3, -0.25) is 4.79 Å². The SMILES string of the molecule is N#Cc1cnc(CSC2CCCCC2)[nH]c1=O. The Balaban J connectivity index is 1.93. The fraction of sp³-hybridized carbons (Fsp3) is 0.583. The van der Waals surface area contributed by atoms with E-state index in [0.29, 0.717) is 11.1 Å². The van der Waals surface area contributed by atoms with Crippen molar-refractivity contribution in [2.75, 3.05) is 0 Å². The van der Waals surface area contributed by atoms with Crippen molar-refractivity contribution in [2.24, 2.45) is 0 Å². The molecule has 1 N–H and O–H groups in total. The molecule has 1 aromatic heterocycles. The zero-order chi connectivity index (χ0) is 12.1. The van der Waals surface area contributed by atoms with E-state index >= 15 is 0 Å². The molecule has 1 aliphatic rings. The van der Waals surface area contributed by atoms with Crippen molar-refractivity contribution >= 4 is 11.8 Å². The molecule has 1 fully saturated rings. The molecule has 1 aliphatic carbocycles. The highest BCUT2D eigenvalue weighted by molar-refractivity contribution is 7.99. The van der Waals surface area contributed by atoms with E-state index in [4.69, 9.17) is 5.26 Å². The number of aromatic amines is 1. The van der Waals surface area contributed by atoms with E-state index in [9.17, 15) is 4.79 Å². The van der Waals surface area contributed by atoms with Gasteiger partial charge in [0, 0.05) is 5.25 Å². The summed E-state index contributed by atoms with van der Waals surface area (Å²) in [6.07, 6.45) is 7.87. The number of nitrogens with one attached hydrogen (secondary N) is 1. The Morgan fingerprint density at radius 2 is 2.24 bits per heavy atom. The molecule has 0 saturated heterocycles. The van der Waals surface area contributed by atoms with Crippen molar-refractivity contribution in [1.29, 1.82) is 5.26 Å². The lowest BCUT2D eigenvalue weighted by Crippen LogP contribution is -2.15. The highest BCUT2D eigenvalue weighted by Crippen LogP contribution is 2.29. The largest absolute Gasteiger partial charge is 0.309 e. The number of aromatic nitrogens is 2. The molecule has 1 aromatic rings. The van der Waals surface area contributed by atoms with Crippen LogP contribution in [-0.2, 0) is 5.75 Å². The lowest BCUT2D eigenvalue weighted by atomic mass is 10.0. The highest BCUT2D eigenvalue weighted by Gasteiger charge is 2.14. The number of rotatable bonds is 3. The van der Waals surface area contributed by atoms with Gasteiger partial charge in [0.2, 0.25) is 0 Å². The number of thioether (sulfide) groups is 1. The molecule has 90 valence electrons. The molecule has 1 heterocycles. The van der Waals surface area contributed by atoms with Crippen molar-refractivity contribution in [3.05, 3.63) is 27.9 Å². The summed E-state index contributed by atoms with van der Waals surface area (Å²) in [6.45, 7) is 0. The van der Waals surface area contributed by atoms with Crippen LogP contribution in [0.4, 0.5) is 0 Å². The topological polar surface area (TPSA) is 69.5 Å². The van der Waals surface area contributed by atoms with Gasteiger partial charge in [-0.1, -0.05) is 19.3 Å². The molecule has 0 spiro atoms. The van der Waals surface area contributed by atoms with Crippen LogP contribution in [0.1, 0.15) is 43.5 Å². The Morgan fingerprint density at radius 3 is 2.88 bits per heavy atom. The third-order valence-electron chi connectivity index (χ3n) is 2.98. The molecule has 4 nitrogen and oxygen atoms in total. The summed E-state index contributed by atoms with van der Waals surface area (Å²) < 4.78 is 0. The van der Waals surface area contributed by atoms with Gasteiger partial charge in [0.05, 0.1) is 11.9 Å². The number of hydrogen-bond acceptors (Lipinski definition) is 4. The van der Waals surface area contributed by atoms with Gasteiger partial charge in [-0.05, 0) is 12.8 Å². The van der Waals surface area contributed by atoms with Crippen LogP contribution in [0, 0.1) is 11.3 Å². The van der Waals surface area contributed by atoms with Gasteiger partial charge in [0.1, 0.15) is 17.5 Å². The maximum Gasteiger partial charge on any atom is 0.268 e. The molecule has 0 aliphatic heterocycles. The summed E-state index contributed by atoms with van der Waals surface area (Å²) in [4.78, 5) is 18.1. The van der Waals surface area contributed by atoms with Crippen molar-refractivity contribution in [3.8, 4) is 6.07 Å². The summed E-state index contributed by atoms with van der Waals surface area (Å²) in [5.41, 5.74) is -0.252. The molecule has 2 rings (SSSR count). The van der Waals surface area contributed by atoms with E-state index in [-0.39, 0.29) is 11.1 Å². The number of H-pyrrole nitrogens is 1. The number of nitrogens with zero attached hydrogens (tertiary/aromatic N) is 2. The van der Waals surface area contributed by atoms with Crippen LogP contribution in [0.3, 0.4) is 0 Å². The minimum Gasteiger partial charge on any atom is -0.309 e. The Labute approximate surface area is 104 Å². The van der Waals surface area contributed by atoms with Crippen LogP contribution in [0.15, 0.2) is 11.0 Å². The summed E-state index contributed by atoms with van der Waals surface area (Å²) in [6, 6.07) is 1.81. The van der Waals surface area contributed by atoms with Gasteiger partial charge in [0.15, 0.2) is 0 Å². The van der Waals surface area contributed by atoms with Crippen LogP contribution < -0.4 is 5.56 Å². The zero-order valence-electron chi connectivity index (χ0n) is 9.61. The van der Waals surface area contributed by atoms with Crippen LogP contribution in [0.25, 0.3) is 0 Å². The normalized spacial score (nSPS) is 16.6. The molecule has 17 heavy (non-hydrogen) atoms. The zero-order valence-corrected chi connectivity index (χ0v) is 10.4. The summed E-state index contributed by atoms with van der Waals surface area (Å²) >= 11 is 1.86. The Bertz CT molecular complexity index is 471. The van der Waals surface area contributed by atoms with Gasteiger partial charge >= 0.3 is 0 Å². The third kappa shape index (κ3) is 3.34. The first-order valence-corrected chi connectivity index (χ1v) is 6.94. The number of nitriles is 1. The van der Waals surface area contributed by atoms with Crippen LogP contribution in [-0.4, -0.2) is 15.2 Å². The second-order valence-corrected chi connectivity index (χ2v) is 5.54. The molecule has 0 bridgehead atoms. The van der Waals surface area contributed by atoms with E-state index < -0.39 is 0 Å². The average molecular weight is 249 g/mol. The minimum atomic E-state index is -0.332. The minimum absolute atomic E-state index is 0.0800. The fourth-order valence-corrected chi connectivity index (χ4v) is 3.22. The first-order valence-electron chi connectivity index (χ1n) is 5.89. The summed E-state index contributed by atoms with van der Waals surface area (Å²) in [5, 5.41) is 9.33. The second-order valence-electron chi connectivity index (χ2n) is 4.26. The lowest BCUT2D eigenvalue weighted by molar-refractivity contribution is 0.516. The highest BCUT2D eigenvalue weighted by atomic mass is 32.2. The third-order valence-corrected chi connectivity index (χ3v) is 4.36. The molecule has 1 saturated carbocycles. The standard InChI is InChI=1S/C12H15N3OS/c13-6-9-7-14-11(15-12(9)16)8-17-10-4-2-1-3-5-10/h7,10H,1-5,8H2,(H,14,15,16). The molecule has 5 heteroatoms. The van der Waals surface area contributed by atoms with Gasteiger partial charge in [-0.15, -0.1) is 0 Å². The predicted molar refractivity (Wildman–Crippen MR) is 67.7 cm³/mol. The van der Waals surface area contributed by atoms with E-state index in [1.165, 1.54) is 38.3 Å². The van der Waals surface area contributed by atoms with E-state index in [1.54, 1.807) is 0 Å². The number of hydrogen-bond donors (Lipinski definition) is 1. The Kier molecular flexibility index (Phi) is 4.21. The second kappa shape index (κ2) is 5.87. The van der Waals surface area contributed by atoms with Gasteiger partial charge in [-0.25, -0.2) is 4.98 Å². The summed E-state index contributed by atoms with van der Waals surface area (Å²) in [5.74, 6) is 1.40. The van der Waals surface area contributed by atoms with Crippen LogP contribution in [0.5, 0.6) is 0 Å². The van der Waals surface area contributed by atoms with E-state index in [1.807, 2.05) is 17.8 Å². The van der Waals surface area contributed by atoms with Crippen LogP contribution >= 0.6 is 11.8 Å². The lowest BCUT2D eigenvalue weighted by Gasteiger charge is -2.20. The smallest absolute Gasteiger partial charge is 0.268 e. The first-order chi connectivity index (χ1) is 8.29. The first kappa shape index (κ1) is 12.2. The Morgan fingerprint density at radius 1 is 1.47 bits per heavy atom. The van der Waals surface area contributed by atoms with Crippen LogP contribution in [0.2, 0.25) is 0 Å². The van der Waals surface area contributed by atoms with E-state index in [0.717, 1.165) is 5.75 Å². The molecule has 0 atom stereocenters. The van der Waals surface area contributed by atoms with Crippen molar-refractivity contribution in [2.45, 2.75) is 43.1 Å².